The van der Waals surface area contributed by atoms with Gasteiger partial charge in [-0.3, -0.25) is 9.89 Å². The van der Waals surface area contributed by atoms with E-state index in [1.54, 1.807) is 12.1 Å². The van der Waals surface area contributed by atoms with E-state index in [0.29, 0.717) is 6.42 Å². The molecule has 1 saturated carbocycles. The molecule has 5 nitrogen and oxygen atoms in total. The van der Waals surface area contributed by atoms with E-state index in [2.05, 4.69) is 28.4 Å². The average Bonchev–Trinajstić information content (AvgIpc) is 3.21. The van der Waals surface area contributed by atoms with Gasteiger partial charge < -0.3 is 5.11 Å². The molecule has 4 atom stereocenters. The van der Waals surface area contributed by atoms with Gasteiger partial charge in [0.1, 0.15) is 11.7 Å². The maximum Gasteiger partial charge on any atom is 0.153 e. The van der Waals surface area contributed by atoms with E-state index in [-0.39, 0.29) is 23.4 Å². The van der Waals surface area contributed by atoms with Crippen molar-refractivity contribution in [2.75, 3.05) is 0 Å². The van der Waals surface area contributed by atoms with Crippen molar-refractivity contribution in [2.45, 2.75) is 31.6 Å². The molecular weight excluding hydrogens is 374 g/mol. The van der Waals surface area contributed by atoms with Crippen LogP contribution in [0.4, 0.5) is 0 Å². The lowest BCUT2D eigenvalue weighted by Crippen LogP contribution is -2.52. The summed E-state index contributed by atoms with van der Waals surface area (Å²) >= 11 is 0. The van der Waals surface area contributed by atoms with Gasteiger partial charge in [-0.1, -0.05) is 49.4 Å². The Bertz CT molecular complexity index is 1160. The van der Waals surface area contributed by atoms with Crippen LogP contribution in [0.1, 0.15) is 36.6 Å². The number of hydrogen-bond donors (Lipinski definition) is 2. The zero-order valence-electron chi connectivity index (χ0n) is 16.8. The fourth-order valence-corrected chi connectivity index (χ4v) is 5.79. The van der Waals surface area contributed by atoms with Crippen molar-refractivity contribution in [2.24, 2.45) is 17.8 Å². The van der Waals surface area contributed by atoms with Crippen molar-refractivity contribution in [3.8, 4) is 23.1 Å². The molecule has 150 valence electrons. The minimum Gasteiger partial charge on any atom is -0.508 e. The highest BCUT2D eigenvalue weighted by molar-refractivity contribution is 5.87. The Kier molecular flexibility index (Phi) is 4.25. The lowest BCUT2D eigenvalue weighted by molar-refractivity contribution is -0.131. The maximum atomic E-state index is 12.9. The number of aromatic amines is 1. The normalized spacial score (nSPS) is 27.7. The third-order valence-electron chi connectivity index (χ3n) is 7.14. The summed E-state index contributed by atoms with van der Waals surface area (Å²) < 4.78 is 0. The molecular formula is C25H23N3O2. The lowest BCUT2D eigenvalue weighted by atomic mass is 9.51. The number of phenolic OH excluding ortho intramolecular Hbond substituents is 1. The Balaban J connectivity index is 1.75. The summed E-state index contributed by atoms with van der Waals surface area (Å²) in [6, 6.07) is 19.6. The highest BCUT2D eigenvalue weighted by Crippen LogP contribution is 2.56. The Morgan fingerprint density at radius 2 is 2.00 bits per heavy atom. The molecule has 0 radical (unpaired) electrons. The molecule has 5 heteroatoms. The third-order valence-corrected chi connectivity index (χ3v) is 7.14. The van der Waals surface area contributed by atoms with E-state index in [1.807, 2.05) is 37.3 Å². The van der Waals surface area contributed by atoms with Crippen molar-refractivity contribution in [3.05, 3.63) is 71.4 Å². The standard InChI is InChI=1S/C25H23N3O2/c1-15-21-11-10-20-22(16-6-5-9-19(29)12-16)27-28-24(20)25(21,13-17(14-26)23(15)30)18-7-3-2-4-8-18/h2-9,12,15,17,21,29H,10-11,13H2,1H3,(H,27,28)/t15-,17?,21-,25+/m0/s1. The van der Waals surface area contributed by atoms with Crippen LogP contribution in [-0.4, -0.2) is 21.1 Å². The van der Waals surface area contributed by atoms with Gasteiger partial charge >= 0.3 is 0 Å². The number of H-pyrrole nitrogens is 1. The molecule has 1 heterocycles. The van der Waals surface area contributed by atoms with E-state index in [1.165, 1.54) is 0 Å². The first-order chi connectivity index (χ1) is 14.6. The number of rotatable bonds is 2. The molecule has 3 aromatic rings. The Labute approximate surface area is 175 Å². The van der Waals surface area contributed by atoms with Gasteiger partial charge in [-0.05, 0) is 42.9 Å². The van der Waals surface area contributed by atoms with Crippen molar-refractivity contribution in [1.29, 1.82) is 5.26 Å². The van der Waals surface area contributed by atoms with E-state index in [4.69, 9.17) is 0 Å². The number of aromatic nitrogens is 2. The van der Waals surface area contributed by atoms with Crippen LogP contribution in [0.25, 0.3) is 11.3 Å². The van der Waals surface area contributed by atoms with E-state index < -0.39 is 11.3 Å². The summed E-state index contributed by atoms with van der Waals surface area (Å²) in [5.74, 6) is -0.441. The highest BCUT2D eigenvalue weighted by atomic mass is 16.3. The van der Waals surface area contributed by atoms with Crippen molar-refractivity contribution < 1.29 is 9.90 Å². The molecule has 2 N–H and O–H groups in total. The zero-order chi connectivity index (χ0) is 20.9. The van der Waals surface area contributed by atoms with Crippen LogP contribution in [0.15, 0.2) is 54.6 Å². The number of nitriles is 1. The monoisotopic (exact) mass is 397 g/mol. The number of Topliss-reactive ketones (excluding diaryl/α,β-unsaturated/α-hetero) is 1. The second-order valence-electron chi connectivity index (χ2n) is 8.54. The molecule has 2 aromatic carbocycles. The largest absolute Gasteiger partial charge is 0.508 e. The second-order valence-corrected chi connectivity index (χ2v) is 8.54. The Hall–Kier alpha value is -3.39. The van der Waals surface area contributed by atoms with E-state index in [0.717, 1.165) is 40.9 Å². The maximum absolute atomic E-state index is 12.9. The third kappa shape index (κ3) is 2.53. The van der Waals surface area contributed by atoms with Gasteiger partial charge in [0, 0.05) is 28.2 Å². The molecule has 0 bridgehead atoms. The van der Waals surface area contributed by atoms with Gasteiger partial charge in [-0.15, -0.1) is 0 Å². The van der Waals surface area contributed by atoms with Crippen LogP contribution in [0.3, 0.4) is 0 Å². The molecule has 1 fully saturated rings. The summed E-state index contributed by atoms with van der Waals surface area (Å²) in [4.78, 5) is 12.9. The number of nitrogens with zero attached hydrogens (tertiary/aromatic N) is 2. The van der Waals surface area contributed by atoms with Gasteiger partial charge in [0.15, 0.2) is 5.78 Å². The number of carbonyl (C=O) groups excluding carboxylic acids is 1. The fraction of sp³-hybridized carbons (Fsp3) is 0.320. The van der Waals surface area contributed by atoms with Crippen molar-refractivity contribution >= 4 is 5.78 Å². The van der Waals surface area contributed by atoms with E-state index >= 15 is 0 Å². The molecule has 5 rings (SSSR count). The lowest BCUT2D eigenvalue weighted by Gasteiger charge is -2.50. The number of hydrogen-bond acceptors (Lipinski definition) is 4. The number of nitrogens with one attached hydrogen (secondary N) is 1. The van der Waals surface area contributed by atoms with Gasteiger partial charge in [0.25, 0.3) is 0 Å². The van der Waals surface area contributed by atoms with Crippen LogP contribution < -0.4 is 0 Å². The van der Waals surface area contributed by atoms with Gasteiger partial charge in [0.2, 0.25) is 0 Å². The molecule has 1 unspecified atom stereocenters. The smallest absolute Gasteiger partial charge is 0.153 e. The van der Waals surface area contributed by atoms with Crippen LogP contribution in [0.5, 0.6) is 5.75 Å². The minimum absolute atomic E-state index is 0.0604. The second kappa shape index (κ2) is 6.84. The number of phenols is 1. The summed E-state index contributed by atoms with van der Waals surface area (Å²) in [6.07, 6.45) is 2.14. The predicted molar refractivity (Wildman–Crippen MR) is 113 cm³/mol. The van der Waals surface area contributed by atoms with Gasteiger partial charge in [-0.2, -0.15) is 10.4 Å². The number of carbonyl (C=O) groups is 1. The Morgan fingerprint density at radius 1 is 1.20 bits per heavy atom. The van der Waals surface area contributed by atoms with Crippen molar-refractivity contribution in [3.63, 3.8) is 0 Å². The first-order valence-corrected chi connectivity index (χ1v) is 10.4. The van der Waals surface area contributed by atoms with Crippen LogP contribution in [0.2, 0.25) is 0 Å². The summed E-state index contributed by atoms with van der Waals surface area (Å²) in [5.41, 5.74) is 4.52. The predicted octanol–water partition coefficient (Wildman–Crippen LogP) is 4.38. The number of ketones is 1. The molecule has 0 amide bonds. The fourth-order valence-electron chi connectivity index (χ4n) is 5.79. The van der Waals surface area contributed by atoms with Crippen molar-refractivity contribution in [1.82, 2.24) is 10.2 Å². The minimum atomic E-state index is -0.630. The quantitative estimate of drug-likeness (QED) is 0.671. The average molecular weight is 397 g/mol. The molecule has 0 saturated heterocycles. The molecule has 2 aliphatic carbocycles. The molecule has 1 aromatic heterocycles. The number of benzene rings is 2. The Morgan fingerprint density at radius 3 is 2.73 bits per heavy atom. The first-order valence-electron chi connectivity index (χ1n) is 10.4. The summed E-state index contributed by atoms with van der Waals surface area (Å²) in [6.45, 7) is 1.98. The van der Waals surface area contributed by atoms with E-state index in [9.17, 15) is 15.2 Å². The topological polar surface area (TPSA) is 89.8 Å². The first kappa shape index (κ1) is 18.6. The van der Waals surface area contributed by atoms with Gasteiger partial charge in [-0.25, -0.2) is 0 Å². The van der Waals surface area contributed by atoms with Crippen LogP contribution >= 0.6 is 0 Å². The van der Waals surface area contributed by atoms with Crippen LogP contribution in [-0.2, 0) is 16.6 Å². The molecule has 2 aliphatic rings. The molecule has 30 heavy (non-hydrogen) atoms. The summed E-state index contributed by atoms with van der Waals surface area (Å²) in [5, 5.41) is 27.7. The SMILES string of the molecule is C[C@@H]1C(=O)C(C#N)C[C@]2(c3ccccc3)c3[nH]nc(-c4cccc(O)c4)c3CC[C@@H]12. The molecule has 0 aliphatic heterocycles. The zero-order valence-corrected chi connectivity index (χ0v) is 16.8. The van der Waals surface area contributed by atoms with Crippen LogP contribution in [0, 0.1) is 29.1 Å². The summed E-state index contributed by atoms with van der Waals surface area (Å²) in [7, 11) is 0. The number of aromatic hydroxyl groups is 1. The van der Waals surface area contributed by atoms with Gasteiger partial charge in [0.05, 0.1) is 11.8 Å². The highest BCUT2D eigenvalue weighted by Gasteiger charge is 2.56. The molecule has 0 spiro atoms. The number of fused-ring (bicyclic) bond motifs is 3.